The number of likely N-dealkylation sites (N-methyl/N-ethyl adjacent to an activating group) is 1. The van der Waals surface area contributed by atoms with E-state index in [4.69, 9.17) is 16.9 Å². The predicted molar refractivity (Wildman–Crippen MR) is 75.2 cm³/mol. The van der Waals surface area contributed by atoms with Crippen LogP contribution in [0.4, 0.5) is 5.82 Å². The van der Waals surface area contributed by atoms with Gasteiger partial charge in [0.15, 0.2) is 17.2 Å². The molecule has 0 unspecified atom stereocenters. The first-order chi connectivity index (χ1) is 9.08. The van der Waals surface area contributed by atoms with Gasteiger partial charge in [0.2, 0.25) is 5.96 Å². The molecule has 0 fully saturated rings. The van der Waals surface area contributed by atoms with Crippen LogP contribution in [-0.2, 0) is 0 Å². The summed E-state index contributed by atoms with van der Waals surface area (Å²) in [6, 6.07) is 0. The smallest absolute Gasteiger partial charge is 0.204 e. The van der Waals surface area contributed by atoms with Gasteiger partial charge in [-0.05, 0) is 6.92 Å². The molecule has 0 aliphatic carbocycles. The molecular weight excluding hydrogens is 266 g/mol. The third-order valence-electron chi connectivity index (χ3n) is 2.33. The number of nitrogens with zero attached hydrogens (tertiary/aromatic N) is 5. The highest BCUT2D eigenvalue weighted by molar-refractivity contribution is 6.31. The molecule has 0 atom stereocenters. The molecule has 7 nitrogen and oxygen atoms in total. The predicted octanol–water partition coefficient (Wildman–Crippen LogP) is 0.521. The van der Waals surface area contributed by atoms with Crippen LogP contribution in [0, 0.1) is 18.4 Å². The fourth-order valence-corrected chi connectivity index (χ4v) is 1.70. The number of aliphatic imine (C=N–C) groups is 1. The van der Waals surface area contributed by atoms with Gasteiger partial charge < -0.3 is 10.2 Å². The van der Waals surface area contributed by atoms with Crippen LogP contribution in [-0.4, -0.2) is 43.1 Å². The maximum absolute atomic E-state index is 8.49. The van der Waals surface area contributed by atoms with Crippen molar-refractivity contribution >= 4 is 23.4 Å². The molecule has 0 saturated carbocycles. The molecule has 102 valence electrons. The molecule has 1 aromatic heterocycles. The van der Waals surface area contributed by atoms with Crippen molar-refractivity contribution in [3.63, 3.8) is 0 Å². The first kappa shape index (κ1) is 15.0. The van der Waals surface area contributed by atoms with Crippen molar-refractivity contribution in [2.75, 3.05) is 32.1 Å². The highest BCUT2D eigenvalue weighted by Crippen LogP contribution is 2.18. The van der Waals surface area contributed by atoms with Crippen LogP contribution in [0.5, 0.6) is 0 Å². The fourth-order valence-electron chi connectivity index (χ4n) is 1.38. The van der Waals surface area contributed by atoms with Gasteiger partial charge in [0.25, 0.3) is 0 Å². The molecule has 2 N–H and O–H groups in total. The van der Waals surface area contributed by atoms with Crippen molar-refractivity contribution in [3.8, 4) is 6.19 Å². The summed E-state index contributed by atoms with van der Waals surface area (Å²) in [5.41, 5.74) is 0.777. The van der Waals surface area contributed by atoms with Gasteiger partial charge >= 0.3 is 0 Å². The number of anilines is 1. The minimum absolute atomic E-state index is 0.377. The Balaban J connectivity index is 2.52. The Morgan fingerprint density at radius 1 is 1.63 bits per heavy atom. The zero-order chi connectivity index (χ0) is 14.3. The van der Waals surface area contributed by atoms with E-state index in [1.165, 1.54) is 0 Å². The molecule has 0 radical (unpaired) electrons. The van der Waals surface area contributed by atoms with Crippen LogP contribution in [0.3, 0.4) is 0 Å². The third kappa shape index (κ3) is 4.60. The van der Waals surface area contributed by atoms with E-state index in [1.807, 2.05) is 18.9 Å². The summed E-state index contributed by atoms with van der Waals surface area (Å²) in [6.07, 6.45) is 3.47. The lowest BCUT2D eigenvalue weighted by Crippen LogP contribution is -2.39. The number of nitriles is 1. The Bertz CT molecular complexity index is 494. The monoisotopic (exact) mass is 281 g/mol. The van der Waals surface area contributed by atoms with Gasteiger partial charge in [0.05, 0.1) is 11.9 Å². The number of nitrogens with one attached hydrogen (secondary N) is 2. The van der Waals surface area contributed by atoms with Crippen LogP contribution < -0.4 is 15.5 Å². The summed E-state index contributed by atoms with van der Waals surface area (Å²) in [5, 5.41) is 14.3. The van der Waals surface area contributed by atoms with Crippen molar-refractivity contribution in [1.82, 2.24) is 20.6 Å². The van der Waals surface area contributed by atoms with Crippen LogP contribution in [0.15, 0.2) is 11.2 Å². The molecule has 0 aromatic carbocycles. The van der Waals surface area contributed by atoms with E-state index in [0.29, 0.717) is 30.0 Å². The topological polar surface area (TPSA) is 89.2 Å². The number of aromatic nitrogens is 2. The fraction of sp³-hybridized carbons (Fsp3) is 0.455. The average Bonchev–Trinajstić information content (AvgIpc) is 2.37. The van der Waals surface area contributed by atoms with Gasteiger partial charge in [-0.1, -0.05) is 11.6 Å². The van der Waals surface area contributed by atoms with E-state index in [1.54, 1.807) is 19.4 Å². The summed E-state index contributed by atoms with van der Waals surface area (Å²) in [7, 11) is 3.46. The van der Waals surface area contributed by atoms with Crippen molar-refractivity contribution in [3.05, 3.63) is 17.0 Å². The molecule has 0 spiro atoms. The minimum atomic E-state index is 0.377. The standard InChI is InChI=1S/C11H16ClN7/c1-8-6-16-10(9(12)18-8)19(3)5-4-15-11(14-2)17-7-13/h6H,4-5H2,1-3H3,(H2,14,15,17). The molecule has 0 bridgehead atoms. The molecule has 8 heteroatoms. The van der Waals surface area contributed by atoms with E-state index >= 15 is 0 Å². The molecular formula is C11H16ClN7. The normalized spacial score (nSPS) is 10.8. The largest absolute Gasteiger partial charge is 0.355 e. The second kappa shape index (κ2) is 7.38. The van der Waals surface area contributed by atoms with Crippen LogP contribution >= 0.6 is 11.6 Å². The summed E-state index contributed by atoms with van der Waals surface area (Å²) < 4.78 is 0. The number of rotatable bonds is 4. The number of guanidine groups is 1. The Hall–Kier alpha value is -2.07. The maximum Gasteiger partial charge on any atom is 0.204 e. The second-order valence-electron chi connectivity index (χ2n) is 3.78. The molecule has 1 aromatic rings. The Labute approximate surface area is 117 Å². The molecule has 0 aliphatic rings. The Morgan fingerprint density at radius 3 is 2.95 bits per heavy atom. The summed E-state index contributed by atoms with van der Waals surface area (Å²) >= 11 is 6.03. The van der Waals surface area contributed by atoms with Gasteiger partial charge in [-0.25, -0.2) is 9.97 Å². The van der Waals surface area contributed by atoms with Crippen LogP contribution in [0.1, 0.15) is 5.69 Å². The van der Waals surface area contributed by atoms with Gasteiger partial charge in [0, 0.05) is 27.2 Å². The van der Waals surface area contributed by atoms with E-state index in [9.17, 15) is 0 Å². The van der Waals surface area contributed by atoms with Crippen molar-refractivity contribution in [1.29, 1.82) is 5.26 Å². The second-order valence-corrected chi connectivity index (χ2v) is 4.14. The molecule has 1 rings (SSSR count). The quantitative estimate of drug-likeness (QED) is 0.362. The van der Waals surface area contributed by atoms with Crippen molar-refractivity contribution in [2.45, 2.75) is 6.92 Å². The SMILES string of the molecule is CN=C(NC#N)NCCN(C)c1ncc(C)nc1Cl. The summed E-state index contributed by atoms with van der Waals surface area (Å²) in [4.78, 5) is 14.1. The zero-order valence-electron chi connectivity index (χ0n) is 11.1. The number of hydrogen-bond donors (Lipinski definition) is 2. The van der Waals surface area contributed by atoms with Gasteiger partial charge in [-0.3, -0.25) is 10.3 Å². The first-order valence-corrected chi connectivity index (χ1v) is 6.02. The average molecular weight is 282 g/mol. The summed E-state index contributed by atoms with van der Waals surface area (Å²) in [5.74, 6) is 1.05. The molecule has 0 aliphatic heterocycles. The van der Waals surface area contributed by atoms with Gasteiger partial charge in [-0.2, -0.15) is 5.26 Å². The molecule has 0 saturated heterocycles. The van der Waals surface area contributed by atoms with Crippen LogP contribution in [0.25, 0.3) is 0 Å². The highest BCUT2D eigenvalue weighted by atomic mass is 35.5. The minimum Gasteiger partial charge on any atom is -0.355 e. The highest BCUT2D eigenvalue weighted by Gasteiger charge is 2.09. The first-order valence-electron chi connectivity index (χ1n) is 5.64. The third-order valence-corrected chi connectivity index (χ3v) is 2.59. The van der Waals surface area contributed by atoms with Crippen molar-refractivity contribution < 1.29 is 0 Å². The van der Waals surface area contributed by atoms with E-state index < -0.39 is 0 Å². The van der Waals surface area contributed by atoms with Gasteiger partial charge in [0.1, 0.15) is 0 Å². The molecule has 0 amide bonds. The van der Waals surface area contributed by atoms with E-state index in [-0.39, 0.29) is 0 Å². The summed E-state index contributed by atoms with van der Waals surface area (Å²) in [6.45, 7) is 3.06. The van der Waals surface area contributed by atoms with E-state index in [0.717, 1.165) is 5.69 Å². The lowest BCUT2D eigenvalue weighted by molar-refractivity contribution is 0.796. The Kier molecular flexibility index (Phi) is 5.82. The van der Waals surface area contributed by atoms with Gasteiger partial charge in [-0.15, -0.1) is 0 Å². The molecule has 19 heavy (non-hydrogen) atoms. The van der Waals surface area contributed by atoms with E-state index in [2.05, 4.69) is 25.6 Å². The lowest BCUT2D eigenvalue weighted by atomic mass is 10.4. The Morgan fingerprint density at radius 2 is 2.37 bits per heavy atom. The molecule has 1 heterocycles. The number of hydrogen-bond acceptors (Lipinski definition) is 5. The van der Waals surface area contributed by atoms with Crippen LogP contribution in [0.2, 0.25) is 5.15 Å². The maximum atomic E-state index is 8.49. The number of aryl methyl sites for hydroxylation is 1. The zero-order valence-corrected chi connectivity index (χ0v) is 11.9. The van der Waals surface area contributed by atoms with Crippen molar-refractivity contribution in [2.24, 2.45) is 4.99 Å². The lowest BCUT2D eigenvalue weighted by Gasteiger charge is -2.19. The number of halogens is 1.